The fraction of sp³-hybridized carbons (Fsp3) is 0.333. The number of halogens is 2. The van der Waals surface area contributed by atoms with Crippen LogP contribution in [0.5, 0.6) is 0 Å². The number of aromatic nitrogens is 3. The molecule has 4 atom stereocenters. The van der Waals surface area contributed by atoms with E-state index in [1.165, 1.54) is 18.3 Å². The van der Waals surface area contributed by atoms with E-state index < -0.39 is 29.4 Å². The molecule has 1 fully saturated rings. The summed E-state index contributed by atoms with van der Waals surface area (Å²) in [5.74, 6) is -2.69. The zero-order chi connectivity index (χ0) is 24.6. The summed E-state index contributed by atoms with van der Waals surface area (Å²) in [6.45, 7) is 3.47. The molecule has 1 aliphatic rings. The molecule has 0 unspecified atom stereocenters. The predicted octanol–water partition coefficient (Wildman–Crippen LogP) is 3.28. The number of aliphatic hydroxyl groups excluding tert-OH is 1. The molecule has 0 bridgehead atoms. The molecule has 3 aromatic rings. The van der Waals surface area contributed by atoms with Crippen molar-refractivity contribution in [1.29, 1.82) is 0 Å². The van der Waals surface area contributed by atoms with E-state index in [0.29, 0.717) is 18.5 Å². The van der Waals surface area contributed by atoms with E-state index >= 15 is 0 Å². The fourth-order valence-corrected chi connectivity index (χ4v) is 4.30. The number of nitrogens with two attached hydrogens (primary N) is 1. The normalized spacial score (nSPS) is 24.6. The molecule has 0 aliphatic heterocycles. The molecule has 0 spiro atoms. The highest BCUT2D eigenvalue weighted by molar-refractivity contribution is 6.06. The Morgan fingerprint density at radius 1 is 1.24 bits per heavy atom. The number of anilines is 2. The zero-order valence-corrected chi connectivity index (χ0v) is 18.7. The van der Waals surface area contributed by atoms with Crippen LogP contribution in [-0.4, -0.2) is 42.8 Å². The van der Waals surface area contributed by atoms with Crippen LogP contribution in [0, 0.1) is 17.7 Å². The zero-order valence-electron chi connectivity index (χ0n) is 18.7. The van der Waals surface area contributed by atoms with Crippen LogP contribution in [0.25, 0.3) is 11.4 Å². The van der Waals surface area contributed by atoms with E-state index in [2.05, 4.69) is 20.3 Å². The summed E-state index contributed by atoms with van der Waals surface area (Å²) in [7, 11) is 0. The molecule has 8 nitrogen and oxygen atoms in total. The van der Waals surface area contributed by atoms with Crippen molar-refractivity contribution in [2.75, 3.05) is 11.1 Å². The highest BCUT2D eigenvalue weighted by atomic mass is 19.1. The number of hydrogen-bond donors (Lipinski definition) is 4. The van der Waals surface area contributed by atoms with Crippen LogP contribution in [0.4, 0.5) is 20.2 Å². The lowest BCUT2D eigenvalue weighted by Crippen LogP contribution is -2.49. The Hall–Kier alpha value is -3.50. The van der Waals surface area contributed by atoms with Gasteiger partial charge in [0.25, 0.3) is 5.91 Å². The van der Waals surface area contributed by atoms with Gasteiger partial charge in [-0.15, -0.1) is 0 Å². The monoisotopic (exact) mass is 469 g/mol. The molecule has 3 aromatic heterocycles. The van der Waals surface area contributed by atoms with E-state index in [-0.39, 0.29) is 34.6 Å². The molecule has 0 radical (unpaired) electrons. The highest BCUT2D eigenvalue weighted by Gasteiger charge is 2.43. The smallest absolute Gasteiger partial charge is 0.276 e. The van der Waals surface area contributed by atoms with Gasteiger partial charge in [0, 0.05) is 12.3 Å². The third-order valence-corrected chi connectivity index (χ3v) is 6.54. The third-order valence-electron chi connectivity index (χ3n) is 6.54. The van der Waals surface area contributed by atoms with E-state index in [9.17, 15) is 23.8 Å². The van der Waals surface area contributed by atoms with Crippen molar-refractivity contribution in [2.24, 2.45) is 5.92 Å². The van der Waals surface area contributed by atoms with Gasteiger partial charge < -0.3 is 21.3 Å². The molecular weight excluding hydrogens is 444 g/mol. The first-order chi connectivity index (χ1) is 16.1. The lowest BCUT2D eigenvalue weighted by atomic mass is 9.69. The maximum absolute atomic E-state index is 14.5. The third kappa shape index (κ3) is 4.46. The first-order valence-electron chi connectivity index (χ1n) is 10.8. The SMILES string of the molecule is C[C@H]1C[C@@H](c2ccncc2NC(=O)c2nc(-c3cccc(F)n3)c(F)cc2N)C[C@@H](O)[C@]1(C)O. The number of nitrogens with one attached hydrogen (secondary N) is 1. The molecule has 10 heteroatoms. The van der Waals surface area contributed by atoms with E-state index in [0.717, 1.165) is 17.7 Å². The number of rotatable bonds is 4. The Bertz CT molecular complexity index is 1220. The summed E-state index contributed by atoms with van der Waals surface area (Å²) in [5.41, 5.74) is 4.94. The van der Waals surface area contributed by atoms with E-state index in [4.69, 9.17) is 5.73 Å². The average molecular weight is 469 g/mol. The second-order valence-corrected chi connectivity index (χ2v) is 8.83. The van der Waals surface area contributed by atoms with Gasteiger partial charge in [-0.25, -0.2) is 14.4 Å². The second-order valence-electron chi connectivity index (χ2n) is 8.83. The van der Waals surface area contributed by atoms with Gasteiger partial charge in [-0.1, -0.05) is 13.0 Å². The Balaban J connectivity index is 1.64. The number of hydrogen-bond acceptors (Lipinski definition) is 7. The summed E-state index contributed by atoms with van der Waals surface area (Å²) in [6, 6.07) is 6.51. The molecular formula is C24H25F2N5O3. The number of carbonyl (C=O) groups is 1. The molecule has 178 valence electrons. The van der Waals surface area contributed by atoms with Crippen molar-refractivity contribution < 1.29 is 23.8 Å². The second kappa shape index (κ2) is 9.03. The van der Waals surface area contributed by atoms with E-state index in [1.54, 1.807) is 19.2 Å². The maximum atomic E-state index is 14.5. The number of nitrogen functional groups attached to an aromatic ring is 1. The molecule has 1 saturated carbocycles. The number of carbonyl (C=O) groups excluding carboxylic acids is 1. The molecule has 5 N–H and O–H groups in total. The lowest BCUT2D eigenvalue weighted by Gasteiger charge is -2.43. The average Bonchev–Trinajstić information content (AvgIpc) is 2.78. The Morgan fingerprint density at radius 3 is 2.71 bits per heavy atom. The van der Waals surface area contributed by atoms with Crippen molar-refractivity contribution in [3.8, 4) is 11.4 Å². The van der Waals surface area contributed by atoms with Crippen molar-refractivity contribution in [2.45, 2.75) is 44.3 Å². The Kier molecular flexibility index (Phi) is 6.28. The van der Waals surface area contributed by atoms with Crippen molar-refractivity contribution >= 4 is 17.3 Å². The molecule has 1 amide bonds. The highest BCUT2D eigenvalue weighted by Crippen LogP contribution is 2.43. The number of aliphatic hydroxyl groups is 2. The van der Waals surface area contributed by atoms with Gasteiger partial charge in [0.1, 0.15) is 5.69 Å². The van der Waals surface area contributed by atoms with E-state index in [1.807, 2.05) is 6.92 Å². The molecule has 0 saturated heterocycles. The van der Waals surface area contributed by atoms with Crippen LogP contribution >= 0.6 is 0 Å². The Labute approximate surface area is 194 Å². The summed E-state index contributed by atoms with van der Waals surface area (Å²) < 4.78 is 28.0. The number of amides is 1. The number of nitrogens with zero attached hydrogens (tertiary/aromatic N) is 3. The van der Waals surface area contributed by atoms with Crippen LogP contribution in [0.2, 0.25) is 0 Å². The summed E-state index contributed by atoms with van der Waals surface area (Å²) in [6.07, 6.45) is 2.99. The van der Waals surface area contributed by atoms with Gasteiger partial charge in [0.2, 0.25) is 5.95 Å². The Morgan fingerprint density at radius 2 is 2.00 bits per heavy atom. The van der Waals surface area contributed by atoms with Crippen LogP contribution in [-0.2, 0) is 0 Å². The quantitative estimate of drug-likeness (QED) is 0.431. The molecule has 34 heavy (non-hydrogen) atoms. The van der Waals surface area contributed by atoms with Gasteiger partial charge in [-0.3, -0.25) is 9.78 Å². The topological polar surface area (TPSA) is 134 Å². The fourth-order valence-electron chi connectivity index (χ4n) is 4.30. The first-order valence-corrected chi connectivity index (χ1v) is 10.8. The summed E-state index contributed by atoms with van der Waals surface area (Å²) >= 11 is 0. The van der Waals surface area contributed by atoms with Gasteiger partial charge in [0.05, 0.1) is 35.0 Å². The summed E-state index contributed by atoms with van der Waals surface area (Å²) in [4.78, 5) is 24.8. The maximum Gasteiger partial charge on any atom is 0.276 e. The van der Waals surface area contributed by atoms with Gasteiger partial charge in [-0.2, -0.15) is 4.39 Å². The molecule has 0 aromatic carbocycles. The molecule has 3 heterocycles. The predicted molar refractivity (Wildman–Crippen MR) is 122 cm³/mol. The van der Waals surface area contributed by atoms with Crippen molar-refractivity contribution in [3.05, 3.63) is 65.7 Å². The standard InChI is InChI=1S/C24H25F2N5O3/c1-12-8-13(9-19(32)24(12,2)34)14-6-7-28-11-18(14)30-23(33)22-16(27)10-15(25)21(31-22)17-4-3-5-20(26)29-17/h3-7,10-13,19,32,34H,8-9,27H2,1-2H3,(H,30,33)/t12-,13+,19+,24+/m0/s1. The van der Waals surface area contributed by atoms with Gasteiger partial charge >= 0.3 is 0 Å². The van der Waals surface area contributed by atoms with Crippen molar-refractivity contribution in [1.82, 2.24) is 15.0 Å². The van der Waals surface area contributed by atoms with Crippen molar-refractivity contribution in [3.63, 3.8) is 0 Å². The minimum absolute atomic E-state index is 0.0779. The largest absolute Gasteiger partial charge is 0.397 e. The lowest BCUT2D eigenvalue weighted by molar-refractivity contribution is -0.123. The molecule has 4 rings (SSSR count). The summed E-state index contributed by atoms with van der Waals surface area (Å²) in [5, 5.41) is 23.7. The first kappa shape index (κ1) is 23.7. The molecule has 1 aliphatic carbocycles. The van der Waals surface area contributed by atoms with Crippen LogP contribution in [0.15, 0.2) is 42.7 Å². The number of pyridine rings is 3. The van der Waals surface area contributed by atoms with Crippen LogP contribution in [0.1, 0.15) is 48.7 Å². The van der Waals surface area contributed by atoms with Gasteiger partial charge in [0.15, 0.2) is 11.5 Å². The minimum atomic E-state index is -1.21. The van der Waals surface area contributed by atoms with Crippen LogP contribution < -0.4 is 11.1 Å². The van der Waals surface area contributed by atoms with Crippen LogP contribution in [0.3, 0.4) is 0 Å². The minimum Gasteiger partial charge on any atom is -0.397 e. The van der Waals surface area contributed by atoms with Gasteiger partial charge in [-0.05, 0) is 55.4 Å².